The molecule has 0 radical (unpaired) electrons. The van der Waals surface area contributed by atoms with Crippen LogP contribution in [-0.4, -0.2) is 18.4 Å². The van der Waals surface area contributed by atoms with Gasteiger partial charge in [0.2, 0.25) is 0 Å². The van der Waals surface area contributed by atoms with Crippen LogP contribution in [0.1, 0.15) is 28.4 Å². The lowest BCUT2D eigenvalue weighted by Crippen LogP contribution is -2.11. The van der Waals surface area contributed by atoms with Crippen LogP contribution in [0.2, 0.25) is 0 Å². The molecule has 0 aliphatic heterocycles. The molecular weight excluding hydrogens is 260 g/mol. The van der Waals surface area contributed by atoms with E-state index < -0.39 is 0 Å². The van der Waals surface area contributed by atoms with E-state index in [0.29, 0.717) is 23.3 Å². The van der Waals surface area contributed by atoms with Crippen LogP contribution < -0.4 is 0 Å². The third-order valence-electron chi connectivity index (χ3n) is 2.69. The fourth-order valence-corrected chi connectivity index (χ4v) is 2.45. The first-order chi connectivity index (χ1) is 9.22. The molecule has 19 heavy (non-hydrogen) atoms. The van der Waals surface area contributed by atoms with Gasteiger partial charge in [0.25, 0.3) is 0 Å². The lowest BCUT2D eigenvalue weighted by Gasteiger charge is -2.07. The molecule has 0 unspecified atom stereocenters. The van der Waals surface area contributed by atoms with Crippen molar-refractivity contribution in [3.8, 4) is 0 Å². The first kappa shape index (κ1) is 13.5. The molecule has 0 fully saturated rings. The summed E-state index contributed by atoms with van der Waals surface area (Å²) in [6, 6.07) is 8.94. The van der Waals surface area contributed by atoms with E-state index in [1.54, 1.807) is 31.2 Å². The zero-order chi connectivity index (χ0) is 13.7. The summed E-state index contributed by atoms with van der Waals surface area (Å²) in [5.74, 6) is -0.366. The van der Waals surface area contributed by atoms with E-state index in [0.717, 1.165) is 0 Å². The molecule has 0 aliphatic rings. The van der Waals surface area contributed by atoms with E-state index in [1.807, 2.05) is 16.8 Å². The van der Waals surface area contributed by atoms with Crippen LogP contribution in [0.5, 0.6) is 0 Å². The summed E-state index contributed by atoms with van der Waals surface area (Å²) in [7, 11) is 0. The fraction of sp³-hybridized carbons (Fsp3) is 0.200. The molecule has 1 aromatic carbocycles. The minimum atomic E-state index is -0.312. The molecule has 3 nitrogen and oxygen atoms in total. The zero-order valence-electron chi connectivity index (χ0n) is 10.6. The number of ether oxygens (including phenoxy) is 1. The van der Waals surface area contributed by atoms with Crippen molar-refractivity contribution in [2.24, 2.45) is 0 Å². The summed E-state index contributed by atoms with van der Waals surface area (Å²) < 4.78 is 4.92. The Hall–Kier alpha value is -1.94. The number of rotatable bonds is 5. The van der Waals surface area contributed by atoms with E-state index in [9.17, 15) is 9.59 Å². The molecule has 4 heteroatoms. The van der Waals surface area contributed by atoms with Crippen molar-refractivity contribution >= 4 is 23.1 Å². The number of carbonyl (C=O) groups excluding carboxylic acids is 2. The maximum Gasteiger partial charge on any atom is 0.310 e. The molecule has 0 amide bonds. The first-order valence-corrected chi connectivity index (χ1v) is 6.97. The average molecular weight is 274 g/mol. The Morgan fingerprint density at radius 3 is 2.68 bits per heavy atom. The van der Waals surface area contributed by atoms with Crippen LogP contribution in [0, 0.1) is 0 Å². The molecule has 2 aromatic rings. The first-order valence-electron chi connectivity index (χ1n) is 6.02. The van der Waals surface area contributed by atoms with Gasteiger partial charge in [-0.25, -0.2) is 0 Å². The summed E-state index contributed by atoms with van der Waals surface area (Å²) in [5.41, 5.74) is 1.92. The second-order valence-electron chi connectivity index (χ2n) is 3.98. The van der Waals surface area contributed by atoms with Gasteiger partial charge in [0.15, 0.2) is 5.78 Å². The number of ketones is 1. The summed E-state index contributed by atoms with van der Waals surface area (Å²) in [6.45, 7) is 2.11. The number of esters is 1. The highest BCUT2D eigenvalue weighted by Gasteiger charge is 2.15. The lowest BCUT2D eigenvalue weighted by atomic mass is 9.98. The average Bonchev–Trinajstić information content (AvgIpc) is 2.93. The Balaban J connectivity index is 2.26. The van der Waals surface area contributed by atoms with Crippen molar-refractivity contribution in [3.05, 3.63) is 57.8 Å². The normalized spacial score (nSPS) is 10.2. The maximum absolute atomic E-state index is 12.3. The maximum atomic E-state index is 12.3. The molecule has 0 bridgehead atoms. The highest BCUT2D eigenvalue weighted by molar-refractivity contribution is 7.08. The molecule has 0 saturated heterocycles. The van der Waals surface area contributed by atoms with E-state index in [2.05, 4.69) is 0 Å². The molecule has 0 atom stereocenters. The highest BCUT2D eigenvalue weighted by atomic mass is 32.1. The predicted octanol–water partition coefficient (Wildman–Crippen LogP) is 3.08. The molecule has 0 saturated carbocycles. The second kappa shape index (κ2) is 6.29. The summed E-state index contributed by atoms with van der Waals surface area (Å²) in [6.07, 6.45) is 0.125. The van der Waals surface area contributed by atoms with Crippen LogP contribution in [0.3, 0.4) is 0 Å². The van der Waals surface area contributed by atoms with Crippen molar-refractivity contribution in [1.82, 2.24) is 0 Å². The van der Waals surface area contributed by atoms with E-state index in [-0.39, 0.29) is 18.2 Å². The SMILES string of the molecule is CCOC(=O)Cc1ccccc1C(=O)c1ccsc1. The molecule has 0 aliphatic carbocycles. The largest absolute Gasteiger partial charge is 0.466 e. The van der Waals surface area contributed by atoms with Crippen molar-refractivity contribution in [1.29, 1.82) is 0 Å². The quantitative estimate of drug-likeness (QED) is 0.621. The van der Waals surface area contributed by atoms with Gasteiger partial charge < -0.3 is 4.74 Å². The fourth-order valence-electron chi connectivity index (χ4n) is 1.81. The Kier molecular flexibility index (Phi) is 4.47. The lowest BCUT2D eigenvalue weighted by molar-refractivity contribution is -0.142. The van der Waals surface area contributed by atoms with Crippen molar-refractivity contribution in [2.75, 3.05) is 6.61 Å². The molecule has 1 aromatic heterocycles. The number of benzene rings is 1. The van der Waals surface area contributed by atoms with Crippen LogP contribution in [-0.2, 0) is 16.0 Å². The Morgan fingerprint density at radius 2 is 2.00 bits per heavy atom. The molecule has 0 N–H and O–H groups in total. The van der Waals surface area contributed by atoms with Gasteiger partial charge in [-0.05, 0) is 23.9 Å². The number of carbonyl (C=O) groups is 2. The number of hydrogen-bond donors (Lipinski definition) is 0. The Labute approximate surface area is 115 Å². The monoisotopic (exact) mass is 274 g/mol. The van der Waals surface area contributed by atoms with E-state index in [1.165, 1.54) is 11.3 Å². The number of hydrogen-bond acceptors (Lipinski definition) is 4. The van der Waals surface area contributed by atoms with Gasteiger partial charge in [0, 0.05) is 16.5 Å². The minimum Gasteiger partial charge on any atom is -0.466 e. The van der Waals surface area contributed by atoms with Crippen molar-refractivity contribution < 1.29 is 14.3 Å². The smallest absolute Gasteiger partial charge is 0.310 e. The van der Waals surface area contributed by atoms with Crippen LogP contribution in [0.4, 0.5) is 0 Å². The predicted molar refractivity (Wildman–Crippen MR) is 74.5 cm³/mol. The van der Waals surface area contributed by atoms with E-state index >= 15 is 0 Å². The van der Waals surface area contributed by atoms with Gasteiger partial charge in [0.1, 0.15) is 0 Å². The van der Waals surface area contributed by atoms with Crippen molar-refractivity contribution in [2.45, 2.75) is 13.3 Å². The standard InChI is InChI=1S/C15H14O3S/c1-2-18-14(16)9-11-5-3-4-6-13(11)15(17)12-7-8-19-10-12/h3-8,10H,2,9H2,1H3. The van der Waals surface area contributed by atoms with Gasteiger partial charge in [-0.15, -0.1) is 0 Å². The molecule has 98 valence electrons. The van der Waals surface area contributed by atoms with Gasteiger partial charge in [-0.1, -0.05) is 24.3 Å². The van der Waals surface area contributed by atoms with Crippen LogP contribution in [0.25, 0.3) is 0 Å². The summed E-state index contributed by atoms with van der Waals surface area (Å²) in [4.78, 5) is 23.9. The van der Waals surface area contributed by atoms with Gasteiger partial charge in [-0.3, -0.25) is 9.59 Å². The Bertz CT molecular complexity index is 573. The molecular formula is C15H14O3S. The third-order valence-corrected chi connectivity index (χ3v) is 3.37. The van der Waals surface area contributed by atoms with Crippen LogP contribution in [0.15, 0.2) is 41.1 Å². The molecule has 1 heterocycles. The molecule has 0 spiro atoms. The van der Waals surface area contributed by atoms with Gasteiger partial charge >= 0.3 is 5.97 Å². The zero-order valence-corrected chi connectivity index (χ0v) is 11.4. The number of thiophene rings is 1. The minimum absolute atomic E-state index is 0.0545. The molecule has 2 rings (SSSR count). The van der Waals surface area contributed by atoms with Gasteiger partial charge in [-0.2, -0.15) is 11.3 Å². The van der Waals surface area contributed by atoms with Crippen LogP contribution >= 0.6 is 11.3 Å². The topological polar surface area (TPSA) is 43.4 Å². The summed E-state index contributed by atoms with van der Waals surface area (Å²) >= 11 is 1.48. The van der Waals surface area contributed by atoms with E-state index in [4.69, 9.17) is 4.74 Å². The van der Waals surface area contributed by atoms with Gasteiger partial charge in [0.05, 0.1) is 13.0 Å². The summed E-state index contributed by atoms with van der Waals surface area (Å²) in [5, 5.41) is 3.67. The third kappa shape index (κ3) is 3.29. The van der Waals surface area contributed by atoms with Crippen molar-refractivity contribution in [3.63, 3.8) is 0 Å². The highest BCUT2D eigenvalue weighted by Crippen LogP contribution is 2.17. The Morgan fingerprint density at radius 1 is 1.21 bits per heavy atom. The second-order valence-corrected chi connectivity index (χ2v) is 4.76.